The monoisotopic (exact) mass is 189 g/mol. The van der Waals surface area contributed by atoms with Crippen molar-refractivity contribution in [3.05, 3.63) is 35.4 Å². The van der Waals surface area contributed by atoms with Crippen LogP contribution in [0.3, 0.4) is 0 Å². The van der Waals surface area contributed by atoms with Gasteiger partial charge in [0, 0.05) is 5.56 Å². The summed E-state index contributed by atoms with van der Waals surface area (Å²) in [6.07, 6.45) is -1.45. The number of nitrogens with zero attached hydrogens (tertiary/aromatic N) is 1. The molecule has 1 aliphatic rings. The van der Waals surface area contributed by atoms with Crippen LogP contribution in [-0.2, 0) is 0 Å². The van der Waals surface area contributed by atoms with Crippen molar-refractivity contribution in [2.75, 3.05) is 0 Å². The van der Waals surface area contributed by atoms with E-state index < -0.39 is 17.5 Å². The van der Waals surface area contributed by atoms with Gasteiger partial charge in [-0.3, -0.25) is 4.79 Å². The fraction of sp³-hybridized carbons (Fsp3) is 0.200. The van der Waals surface area contributed by atoms with Crippen molar-refractivity contribution >= 4 is 5.78 Å². The molecule has 14 heavy (non-hydrogen) atoms. The summed E-state index contributed by atoms with van der Waals surface area (Å²) in [4.78, 5) is 11.5. The molecular weight excluding hydrogens is 182 g/mol. The Hall–Kier alpha value is -1.70. The molecule has 0 aromatic heterocycles. The summed E-state index contributed by atoms with van der Waals surface area (Å²) in [6.45, 7) is 0. The average molecular weight is 189 g/mol. The van der Waals surface area contributed by atoms with Gasteiger partial charge in [0.25, 0.3) is 0 Å². The minimum Gasteiger partial charge on any atom is -0.384 e. The normalized spacial score (nSPS) is 29.8. The zero-order valence-corrected chi connectivity index (χ0v) is 7.14. The van der Waals surface area contributed by atoms with Crippen molar-refractivity contribution in [1.82, 2.24) is 0 Å². The van der Waals surface area contributed by atoms with Crippen molar-refractivity contribution in [1.29, 1.82) is 5.26 Å². The molecule has 0 saturated carbocycles. The minimum absolute atomic E-state index is 0.212. The molecule has 4 nitrogen and oxygen atoms in total. The number of carbonyl (C=O) groups excluding carboxylic acids is 1. The van der Waals surface area contributed by atoms with Gasteiger partial charge >= 0.3 is 0 Å². The number of Topliss-reactive ketones (excluding diaryl/α,β-unsaturated/α-hetero) is 1. The van der Waals surface area contributed by atoms with E-state index in [9.17, 15) is 15.0 Å². The van der Waals surface area contributed by atoms with Crippen molar-refractivity contribution in [3.63, 3.8) is 0 Å². The number of hydrogen-bond acceptors (Lipinski definition) is 4. The zero-order valence-electron chi connectivity index (χ0n) is 7.14. The van der Waals surface area contributed by atoms with Crippen LogP contribution in [-0.4, -0.2) is 21.6 Å². The summed E-state index contributed by atoms with van der Waals surface area (Å²) < 4.78 is 0. The van der Waals surface area contributed by atoms with E-state index >= 15 is 0 Å². The minimum atomic E-state index is -2.32. The van der Waals surface area contributed by atoms with E-state index in [0.29, 0.717) is 5.56 Å². The molecule has 0 bridgehead atoms. The number of hydrogen-bond donors (Lipinski definition) is 2. The second-order valence-corrected chi connectivity index (χ2v) is 3.20. The first-order valence-electron chi connectivity index (χ1n) is 4.06. The molecule has 0 fully saturated rings. The van der Waals surface area contributed by atoms with E-state index in [4.69, 9.17) is 5.26 Å². The Morgan fingerprint density at radius 3 is 2.64 bits per heavy atom. The Bertz CT molecular complexity index is 449. The molecule has 0 heterocycles. The van der Waals surface area contributed by atoms with Gasteiger partial charge in [0.2, 0.25) is 11.4 Å². The highest BCUT2D eigenvalue weighted by Crippen LogP contribution is 2.38. The number of carbonyl (C=O) groups is 1. The van der Waals surface area contributed by atoms with E-state index in [2.05, 4.69) is 0 Å². The molecule has 0 aliphatic heterocycles. The number of aliphatic hydroxyl groups excluding tert-OH is 1. The third-order valence-corrected chi connectivity index (χ3v) is 2.41. The predicted molar refractivity (Wildman–Crippen MR) is 46.3 cm³/mol. The molecule has 2 unspecified atom stereocenters. The molecule has 1 aromatic carbocycles. The van der Waals surface area contributed by atoms with Crippen LogP contribution in [0.5, 0.6) is 0 Å². The number of fused-ring (bicyclic) bond motifs is 1. The highest BCUT2D eigenvalue weighted by molar-refractivity contribution is 6.09. The lowest BCUT2D eigenvalue weighted by atomic mass is 9.99. The lowest BCUT2D eigenvalue weighted by Crippen LogP contribution is -2.37. The Morgan fingerprint density at radius 1 is 1.43 bits per heavy atom. The van der Waals surface area contributed by atoms with Crippen LogP contribution < -0.4 is 0 Å². The van der Waals surface area contributed by atoms with Crippen molar-refractivity contribution in [2.45, 2.75) is 11.7 Å². The first kappa shape index (κ1) is 8.88. The van der Waals surface area contributed by atoms with Crippen LogP contribution >= 0.6 is 0 Å². The van der Waals surface area contributed by atoms with Gasteiger partial charge in [-0.05, 0) is 5.56 Å². The fourth-order valence-corrected chi connectivity index (χ4v) is 1.61. The van der Waals surface area contributed by atoms with Crippen LogP contribution in [0.2, 0.25) is 0 Å². The molecule has 0 amide bonds. The van der Waals surface area contributed by atoms with Crippen molar-refractivity contribution in [3.8, 4) is 6.07 Å². The van der Waals surface area contributed by atoms with Gasteiger partial charge in [-0.15, -0.1) is 0 Å². The average Bonchev–Trinajstić information content (AvgIpc) is 2.43. The molecule has 1 aliphatic carbocycles. The van der Waals surface area contributed by atoms with E-state index in [0.717, 1.165) is 0 Å². The molecule has 0 spiro atoms. The number of rotatable bonds is 0. The maximum Gasteiger partial charge on any atom is 0.245 e. The van der Waals surface area contributed by atoms with E-state index in [1.165, 1.54) is 18.2 Å². The molecule has 2 atom stereocenters. The van der Waals surface area contributed by atoms with Gasteiger partial charge in [-0.1, -0.05) is 24.3 Å². The molecule has 2 rings (SSSR count). The molecule has 0 saturated heterocycles. The summed E-state index contributed by atoms with van der Waals surface area (Å²) in [6, 6.07) is 7.70. The third-order valence-electron chi connectivity index (χ3n) is 2.41. The largest absolute Gasteiger partial charge is 0.384 e. The lowest BCUT2D eigenvalue weighted by Gasteiger charge is -2.15. The van der Waals surface area contributed by atoms with Crippen LogP contribution in [0.25, 0.3) is 0 Å². The quantitative estimate of drug-likeness (QED) is 0.570. The van der Waals surface area contributed by atoms with Gasteiger partial charge in [-0.2, -0.15) is 5.26 Å². The van der Waals surface area contributed by atoms with Crippen molar-refractivity contribution < 1.29 is 15.0 Å². The first-order valence-corrected chi connectivity index (χ1v) is 4.06. The van der Waals surface area contributed by atoms with Crippen LogP contribution in [0, 0.1) is 11.3 Å². The Labute approximate surface area is 80.0 Å². The molecular formula is C10H7NO3. The Morgan fingerprint density at radius 2 is 2.07 bits per heavy atom. The SMILES string of the molecule is N#CC1(O)C(=O)c2ccccc2C1O. The number of nitriles is 1. The van der Waals surface area contributed by atoms with Crippen LogP contribution in [0.15, 0.2) is 24.3 Å². The molecule has 4 heteroatoms. The smallest absolute Gasteiger partial charge is 0.245 e. The maximum atomic E-state index is 11.5. The van der Waals surface area contributed by atoms with E-state index in [-0.39, 0.29) is 5.56 Å². The first-order chi connectivity index (χ1) is 6.61. The van der Waals surface area contributed by atoms with Crippen LogP contribution in [0.4, 0.5) is 0 Å². The van der Waals surface area contributed by atoms with E-state index in [1.807, 2.05) is 0 Å². The highest BCUT2D eigenvalue weighted by atomic mass is 16.4. The summed E-state index contributed by atoms with van der Waals surface area (Å²) in [5.41, 5.74) is -1.80. The second-order valence-electron chi connectivity index (χ2n) is 3.20. The summed E-state index contributed by atoms with van der Waals surface area (Å²) >= 11 is 0. The van der Waals surface area contributed by atoms with E-state index in [1.54, 1.807) is 12.1 Å². The van der Waals surface area contributed by atoms with Gasteiger partial charge < -0.3 is 10.2 Å². The topological polar surface area (TPSA) is 81.3 Å². The summed E-state index contributed by atoms with van der Waals surface area (Å²) in [7, 11) is 0. The van der Waals surface area contributed by atoms with Crippen molar-refractivity contribution in [2.24, 2.45) is 0 Å². The number of aliphatic hydroxyl groups is 2. The maximum absolute atomic E-state index is 11.5. The Kier molecular flexibility index (Phi) is 1.68. The van der Waals surface area contributed by atoms with Gasteiger partial charge in [0.05, 0.1) is 0 Å². The standard InChI is InChI=1S/C10H7NO3/c11-5-10(14)8(12)6-3-1-2-4-7(6)9(10)13/h1-4,8,12,14H. The molecule has 70 valence electrons. The van der Waals surface area contributed by atoms with Gasteiger partial charge in [0.1, 0.15) is 12.2 Å². The summed E-state index contributed by atoms with van der Waals surface area (Å²) in [5.74, 6) is -0.733. The molecule has 2 N–H and O–H groups in total. The predicted octanol–water partition coefficient (Wildman–Crippen LogP) is 0.171. The lowest BCUT2D eigenvalue weighted by molar-refractivity contribution is -0.00957. The fourth-order valence-electron chi connectivity index (χ4n) is 1.61. The Balaban J connectivity index is 2.67. The zero-order chi connectivity index (χ0) is 10.3. The number of benzene rings is 1. The number of ketones is 1. The van der Waals surface area contributed by atoms with Crippen LogP contribution in [0.1, 0.15) is 22.0 Å². The van der Waals surface area contributed by atoms with Gasteiger partial charge in [0.15, 0.2) is 0 Å². The van der Waals surface area contributed by atoms with Gasteiger partial charge in [-0.25, -0.2) is 0 Å². The summed E-state index contributed by atoms with van der Waals surface area (Å²) in [5, 5.41) is 27.8. The third kappa shape index (κ3) is 0.854. The highest BCUT2D eigenvalue weighted by Gasteiger charge is 2.52. The molecule has 1 aromatic rings. The molecule has 0 radical (unpaired) electrons. The second kappa shape index (κ2) is 2.64.